The van der Waals surface area contributed by atoms with Gasteiger partial charge in [-0.05, 0) is 50.2 Å². The first kappa shape index (κ1) is 13.6. The topological polar surface area (TPSA) is 48.4 Å². The van der Waals surface area contributed by atoms with Crippen molar-refractivity contribution in [3.05, 3.63) is 24.2 Å². The van der Waals surface area contributed by atoms with Crippen LogP contribution in [0, 0.1) is 5.41 Å². The van der Waals surface area contributed by atoms with Gasteiger partial charge in [0.1, 0.15) is 5.76 Å². The quantitative estimate of drug-likeness (QED) is 0.888. The van der Waals surface area contributed by atoms with Crippen molar-refractivity contribution >= 4 is 0 Å². The first-order valence-corrected chi connectivity index (χ1v) is 6.92. The number of nitrogens with two attached hydrogens (primary N) is 1. The standard InChI is InChI=1S/C15H25NO2/c1-4-18-15(9-7-14(2,3)8-10-15)13(16)12-6-5-11-17-12/h5-6,11,13H,4,7-10,16H2,1-3H3. The van der Waals surface area contributed by atoms with E-state index in [1.807, 2.05) is 19.1 Å². The Morgan fingerprint density at radius 1 is 1.33 bits per heavy atom. The molecule has 1 aliphatic carbocycles. The van der Waals surface area contributed by atoms with Crippen LogP contribution in [0.5, 0.6) is 0 Å². The Balaban J connectivity index is 2.17. The van der Waals surface area contributed by atoms with Crippen molar-refractivity contribution in [3.8, 4) is 0 Å². The molecular weight excluding hydrogens is 226 g/mol. The summed E-state index contributed by atoms with van der Waals surface area (Å²) in [5.41, 5.74) is 6.56. The molecule has 0 bridgehead atoms. The predicted molar refractivity (Wildman–Crippen MR) is 72.2 cm³/mol. The maximum atomic E-state index is 6.41. The minimum absolute atomic E-state index is 0.163. The van der Waals surface area contributed by atoms with E-state index in [1.54, 1.807) is 6.26 Å². The second kappa shape index (κ2) is 5.06. The normalized spacial score (nSPS) is 23.8. The van der Waals surface area contributed by atoms with E-state index in [9.17, 15) is 0 Å². The van der Waals surface area contributed by atoms with E-state index in [1.165, 1.54) is 0 Å². The maximum Gasteiger partial charge on any atom is 0.123 e. The first-order valence-electron chi connectivity index (χ1n) is 6.92. The van der Waals surface area contributed by atoms with Gasteiger partial charge < -0.3 is 14.9 Å². The molecule has 2 N–H and O–H groups in total. The Hall–Kier alpha value is -0.800. The predicted octanol–water partition coefficient (Wildman–Crippen LogP) is 3.65. The number of ether oxygens (including phenoxy) is 1. The summed E-state index contributed by atoms with van der Waals surface area (Å²) >= 11 is 0. The smallest absolute Gasteiger partial charge is 0.123 e. The summed E-state index contributed by atoms with van der Waals surface area (Å²) < 4.78 is 11.5. The van der Waals surface area contributed by atoms with E-state index >= 15 is 0 Å². The van der Waals surface area contributed by atoms with E-state index in [-0.39, 0.29) is 11.6 Å². The third kappa shape index (κ3) is 2.62. The van der Waals surface area contributed by atoms with Crippen LogP contribution >= 0.6 is 0 Å². The summed E-state index contributed by atoms with van der Waals surface area (Å²) in [4.78, 5) is 0. The molecule has 0 aliphatic heterocycles. The van der Waals surface area contributed by atoms with E-state index in [2.05, 4.69) is 13.8 Å². The molecule has 3 nitrogen and oxygen atoms in total. The van der Waals surface area contributed by atoms with Gasteiger partial charge in [-0.15, -0.1) is 0 Å². The van der Waals surface area contributed by atoms with Crippen LogP contribution in [0.4, 0.5) is 0 Å². The summed E-state index contributed by atoms with van der Waals surface area (Å²) in [7, 11) is 0. The number of rotatable bonds is 4. The molecule has 0 radical (unpaired) electrons. The lowest BCUT2D eigenvalue weighted by molar-refractivity contribution is -0.103. The molecule has 1 aromatic rings. The van der Waals surface area contributed by atoms with Gasteiger partial charge in [0.2, 0.25) is 0 Å². The van der Waals surface area contributed by atoms with E-state index < -0.39 is 0 Å². The second-order valence-electron chi connectivity index (χ2n) is 6.16. The zero-order valence-electron chi connectivity index (χ0n) is 11.7. The SMILES string of the molecule is CCOC1(C(N)c2ccco2)CCC(C)(C)CC1. The van der Waals surface area contributed by atoms with Gasteiger partial charge >= 0.3 is 0 Å². The van der Waals surface area contributed by atoms with Gasteiger partial charge in [0.05, 0.1) is 17.9 Å². The Morgan fingerprint density at radius 3 is 2.50 bits per heavy atom. The molecule has 3 heteroatoms. The fourth-order valence-corrected chi connectivity index (χ4v) is 2.91. The number of furan rings is 1. The van der Waals surface area contributed by atoms with Crippen LogP contribution in [0.1, 0.15) is 58.3 Å². The van der Waals surface area contributed by atoms with Crippen LogP contribution in [-0.2, 0) is 4.74 Å². The maximum absolute atomic E-state index is 6.41. The molecule has 102 valence electrons. The molecule has 0 saturated heterocycles. The summed E-state index contributed by atoms with van der Waals surface area (Å²) in [5.74, 6) is 0.836. The van der Waals surface area contributed by atoms with Gasteiger partial charge in [-0.1, -0.05) is 13.8 Å². The van der Waals surface area contributed by atoms with Crippen LogP contribution < -0.4 is 5.73 Å². The van der Waals surface area contributed by atoms with Gasteiger partial charge in [-0.25, -0.2) is 0 Å². The van der Waals surface area contributed by atoms with Crippen LogP contribution in [0.25, 0.3) is 0 Å². The number of hydrogen-bond donors (Lipinski definition) is 1. The Morgan fingerprint density at radius 2 is 2.00 bits per heavy atom. The van der Waals surface area contributed by atoms with Crippen molar-refractivity contribution in [2.45, 2.75) is 58.1 Å². The highest BCUT2D eigenvalue weighted by molar-refractivity contribution is 5.11. The summed E-state index contributed by atoms with van der Waals surface area (Å²) in [6.45, 7) is 7.38. The monoisotopic (exact) mass is 251 g/mol. The van der Waals surface area contributed by atoms with Crippen molar-refractivity contribution in [1.82, 2.24) is 0 Å². The van der Waals surface area contributed by atoms with Crippen molar-refractivity contribution in [2.75, 3.05) is 6.61 Å². The highest BCUT2D eigenvalue weighted by Crippen LogP contribution is 2.46. The summed E-state index contributed by atoms with van der Waals surface area (Å²) in [6, 6.07) is 3.68. The van der Waals surface area contributed by atoms with Crippen LogP contribution in [0.3, 0.4) is 0 Å². The highest BCUT2D eigenvalue weighted by Gasteiger charge is 2.44. The molecule has 1 unspecified atom stereocenters. The molecule has 1 aliphatic rings. The molecule has 1 aromatic heterocycles. The fraction of sp³-hybridized carbons (Fsp3) is 0.733. The Labute approximate surface area is 110 Å². The van der Waals surface area contributed by atoms with Crippen molar-refractivity contribution < 1.29 is 9.15 Å². The average Bonchev–Trinajstić information content (AvgIpc) is 2.85. The van der Waals surface area contributed by atoms with Gasteiger partial charge in [-0.3, -0.25) is 0 Å². The van der Waals surface area contributed by atoms with Gasteiger partial charge in [0.25, 0.3) is 0 Å². The minimum Gasteiger partial charge on any atom is -0.468 e. The van der Waals surface area contributed by atoms with Crippen LogP contribution in [0.15, 0.2) is 22.8 Å². The van der Waals surface area contributed by atoms with E-state index in [0.29, 0.717) is 12.0 Å². The molecule has 0 amide bonds. The Bertz CT molecular complexity index is 360. The first-order chi connectivity index (χ1) is 8.49. The summed E-state index contributed by atoms with van der Waals surface area (Å²) in [5, 5.41) is 0. The van der Waals surface area contributed by atoms with E-state index in [4.69, 9.17) is 14.9 Å². The number of hydrogen-bond acceptors (Lipinski definition) is 3. The van der Waals surface area contributed by atoms with Gasteiger partial charge in [0, 0.05) is 6.61 Å². The fourth-order valence-electron chi connectivity index (χ4n) is 2.91. The average molecular weight is 251 g/mol. The van der Waals surface area contributed by atoms with Gasteiger partial charge in [0.15, 0.2) is 0 Å². The van der Waals surface area contributed by atoms with Crippen molar-refractivity contribution in [1.29, 1.82) is 0 Å². The van der Waals surface area contributed by atoms with Crippen molar-refractivity contribution in [2.24, 2.45) is 11.1 Å². The molecule has 1 atom stereocenters. The summed E-state index contributed by atoms with van der Waals surface area (Å²) in [6.07, 6.45) is 6.01. The highest BCUT2D eigenvalue weighted by atomic mass is 16.5. The largest absolute Gasteiger partial charge is 0.468 e. The molecule has 1 heterocycles. The van der Waals surface area contributed by atoms with Crippen molar-refractivity contribution in [3.63, 3.8) is 0 Å². The molecule has 1 saturated carbocycles. The molecule has 18 heavy (non-hydrogen) atoms. The van der Waals surface area contributed by atoms with Crippen LogP contribution in [0.2, 0.25) is 0 Å². The third-order valence-electron chi connectivity index (χ3n) is 4.30. The molecular formula is C15H25NO2. The zero-order valence-corrected chi connectivity index (χ0v) is 11.7. The lowest BCUT2D eigenvalue weighted by Gasteiger charge is -2.45. The Kier molecular flexibility index (Phi) is 3.83. The lowest BCUT2D eigenvalue weighted by atomic mass is 9.68. The third-order valence-corrected chi connectivity index (χ3v) is 4.30. The molecule has 2 rings (SSSR count). The minimum atomic E-state index is -0.248. The zero-order chi connectivity index (χ0) is 13.2. The second-order valence-corrected chi connectivity index (χ2v) is 6.16. The molecule has 0 aromatic carbocycles. The van der Waals surface area contributed by atoms with E-state index in [0.717, 1.165) is 31.4 Å². The van der Waals surface area contributed by atoms with Gasteiger partial charge in [-0.2, -0.15) is 0 Å². The molecule has 1 fully saturated rings. The van der Waals surface area contributed by atoms with Crippen LogP contribution in [-0.4, -0.2) is 12.2 Å². The molecule has 0 spiro atoms. The lowest BCUT2D eigenvalue weighted by Crippen LogP contribution is -2.47.